The van der Waals surface area contributed by atoms with Gasteiger partial charge in [0.1, 0.15) is 0 Å². The number of rotatable bonds is 5. The first-order valence-electron chi connectivity index (χ1n) is 11.9. The largest absolute Gasteiger partial charge is 0.358 e. The molecular formula is C31H34IrN2Y-2. The number of hydrogen-bond donors (Lipinski definition) is 0. The third-order valence-corrected chi connectivity index (χ3v) is 6.60. The van der Waals surface area contributed by atoms with Gasteiger partial charge in [0.15, 0.2) is 0 Å². The van der Waals surface area contributed by atoms with E-state index in [1.54, 1.807) is 0 Å². The molecule has 0 spiro atoms. The Hall–Kier alpha value is -1.38. The Morgan fingerprint density at radius 1 is 0.943 bits per heavy atom. The van der Waals surface area contributed by atoms with E-state index in [0.29, 0.717) is 5.92 Å². The maximum Gasteiger partial charge on any atom is 0.0669 e. The van der Waals surface area contributed by atoms with Gasteiger partial charge in [-0.25, -0.2) is 0 Å². The van der Waals surface area contributed by atoms with E-state index in [2.05, 4.69) is 93.6 Å². The summed E-state index contributed by atoms with van der Waals surface area (Å²) in [6, 6.07) is 23.5. The number of benzene rings is 3. The first kappa shape index (κ1) is 29.9. The Labute approximate surface area is 249 Å². The fourth-order valence-corrected chi connectivity index (χ4v) is 5.21. The Morgan fingerprint density at radius 2 is 1.63 bits per heavy atom. The van der Waals surface area contributed by atoms with E-state index >= 15 is 0 Å². The van der Waals surface area contributed by atoms with Crippen molar-refractivity contribution in [2.45, 2.75) is 53.9 Å². The van der Waals surface area contributed by atoms with Crippen molar-refractivity contribution >= 4 is 27.3 Å². The number of imidazole rings is 1. The molecule has 2 heterocycles. The summed E-state index contributed by atoms with van der Waals surface area (Å²) in [5, 5.41) is 3.62. The molecule has 5 aromatic rings. The maximum atomic E-state index is 5.12. The quantitative estimate of drug-likeness (QED) is 0.133. The Morgan fingerprint density at radius 3 is 2.26 bits per heavy atom. The number of fused-ring (bicyclic) bond motifs is 6. The fraction of sp³-hybridized carbons (Fsp3) is 0.290. The number of pyridine rings is 1. The summed E-state index contributed by atoms with van der Waals surface area (Å²) < 4.78 is 2.40. The maximum absolute atomic E-state index is 5.12. The Kier molecular flexibility index (Phi) is 10.4. The molecule has 0 amide bonds. The Balaban J connectivity index is 0.00000144. The predicted octanol–water partition coefficient (Wildman–Crippen LogP) is 8.18. The van der Waals surface area contributed by atoms with Crippen LogP contribution in [-0.4, -0.2) is 9.38 Å². The summed E-state index contributed by atoms with van der Waals surface area (Å²) in [4.78, 5) is 5.12. The predicted molar refractivity (Wildman–Crippen MR) is 143 cm³/mol. The van der Waals surface area contributed by atoms with Crippen molar-refractivity contribution in [3.63, 3.8) is 0 Å². The summed E-state index contributed by atoms with van der Waals surface area (Å²) in [5.41, 5.74) is 10.1. The molecule has 0 aliphatic carbocycles. The molecule has 2 nitrogen and oxygen atoms in total. The molecular weight excluding hydrogens is 681 g/mol. The van der Waals surface area contributed by atoms with Crippen molar-refractivity contribution in [3.05, 3.63) is 90.5 Å². The molecule has 0 N–H and O–H groups in total. The van der Waals surface area contributed by atoms with Gasteiger partial charge in [0.2, 0.25) is 0 Å². The summed E-state index contributed by atoms with van der Waals surface area (Å²) in [6.07, 6.45) is 3.10. The van der Waals surface area contributed by atoms with Crippen molar-refractivity contribution < 1.29 is 52.8 Å². The zero-order chi connectivity index (χ0) is 22.4. The van der Waals surface area contributed by atoms with E-state index in [1.165, 1.54) is 44.2 Å². The van der Waals surface area contributed by atoms with Gasteiger partial charge in [-0.2, -0.15) is 0 Å². The van der Waals surface area contributed by atoms with Gasteiger partial charge >= 0.3 is 0 Å². The Bertz CT molecular complexity index is 1440. The molecule has 182 valence electrons. The molecule has 0 fully saturated rings. The van der Waals surface area contributed by atoms with Crippen LogP contribution in [0.1, 0.15) is 50.1 Å². The van der Waals surface area contributed by atoms with Crippen LogP contribution in [0, 0.1) is 26.3 Å². The van der Waals surface area contributed by atoms with Gasteiger partial charge in [-0.3, -0.25) is 4.98 Å². The van der Waals surface area contributed by atoms with E-state index in [4.69, 9.17) is 4.98 Å². The minimum atomic E-state index is 0. The molecule has 2 aromatic heterocycles. The molecule has 0 saturated carbocycles. The summed E-state index contributed by atoms with van der Waals surface area (Å²) in [7, 11) is 0. The molecule has 3 aromatic carbocycles. The SMILES string of the molecule is CCc1cccc(CC)c1-c1c(C)nc2c3[c-]cccc3c3cc(CC(C)C)ccc3n12.[CH3-].[Ir].[Y]. The van der Waals surface area contributed by atoms with Gasteiger partial charge in [0, 0.05) is 63.9 Å². The van der Waals surface area contributed by atoms with Crippen LogP contribution in [0.2, 0.25) is 0 Å². The fourth-order valence-electron chi connectivity index (χ4n) is 5.21. The van der Waals surface area contributed by atoms with E-state index in [1.807, 2.05) is 6.07 Å². The smallest absolute Gasteiger partial charge is 0.0669 e. The normalized spacial score (nSPS) is 10.9. The standard InChI is InChI=1S/C30H31N2.CH3.Ir.Y/c1-6-22-11-10-12-23(7-2)28(22)29-20(5)31-30-25-14-9-8-13-24(25)26-18-21(17-19(3)4)15-16-27(26)32(29)30;;;/h8-13,15-16,18-19H,6-7,17H2,1-5H3;1H3;;/q2*-1;;. The molecule has 5 rings (SSSR count). The van der Waals surface area contributed by atoms with Crippen molar-refractivity contribution in [1.82, 2.24) is 9.38 Å². The zero-order valence-electron chi connectivity index (χ0n) is 21.7. The van der Waals surface area contributed by atoms with Crippen LogP contribution in [0.15, 0.2) is 54.6 Å². The van der Waals surface area contributed by atoms with Gasteiger partial charge in [-0.15, -0.1) is 29.7 Å². The number of aryl methyl sites for hydroxylation is 3. The van der Waals surface area contributed by atoms with Gasteiger partial charge in [0.25, 0.3) is 0 Å². The van der Waals surface area contributed by atoms with E-state index in [9.17, 15) is 0 Å². The van der Waals surface area contributed by atoms with E-state index in [0.717, 1.165) is 36.0 Å². The molecule has 0 aliphatic heterocycles. The summed E-state index contributed by atoms with van der Waals surface area (Å²) >= 11 is 0. The molecule has 4 heteroatoms. The van der Waals surface area contributed by atoms with Crippen LogP contribution < -0.4 is 0 Å². The first-order valence-corrected chi connectivity index (χ1v) is 11.9. The average molecular weight is 716 g/mol. The minimum absolute atomic E-state index is 0. The topological polar surface area (TPSA) is 17.3 Å². The molecule has 0 unspecified atom stereocenters. The summed E-state index contributed by atoms with van der Waals surface area (Å²) in [5.74, 6) is 0.628. The van der Waals surface area contributed by atoms with Gasteiger partial charge < -0.3 is 11.8 Å². The summed E-state index contributed by atoms with van der Waals surface area (Å²) in [6.45, 7) is 11.2. The van der Waals surface area contributed by atoms with Gasteiger partial charge in [-0.05, 0) is 60.2 Å². The first-order chi connectivity index (χ1) is 15.5. The van der Waals surface area contributed by atoms with Crippen LogP contribution in [0.5, 0.6) is 0 Å². The van der Waals surface area contributed by atoms with Crippen LogP contribution in [0.25, 0.3) is 38.6 Å². The average Bonchev–Trinajstić information content (AvgIpc) is 3.15. The van der Waals surface area contributed by atoms with E-state index < -0.39 is 0 Å². The zero-order valence-corrected chi connectivity index (χ0v) is 26.9. The second kappa shape index (κ2) is 12.2. The van der Waals surface area contributed by atoms with Crippen LogP contribution >= 0.6 is 0 Å². The third-order valence-electron chi connectivity index (χ3n) is 6.60. The molecule has 0 atom stereocenters. The number of aromatic nitrogens is 2. The van der Waals surface area contributed by atoms with Crippen LogP contribution in [-0.2, 0) is 72.1 Å². The van der Waals surface area contributed by atoms with E-state index in [-0.39, 0.29) is 60.2 Å². The van der Waals surface area contributed by atoms with Crippen molar-refractivity contribution in [2.75, 3.05) is 0 Å². The van der Waals surface area contributed by atoms with Crippen molar-refractivity contribution in [2.24, 2.45) is 5.92 Å². The number of nitrogens with zero attached hydrogens (tertiary/aromatic N) is 2. The van der Waals surface area contributed by atoms with Crippen LogP contribution in [0.4, 0.5) is 0 Å². The molecule has 35 heavy (non-hydrogen) atoms. The van der Waals surface area contributed by atoms with Crippen molar-refractivity contribution in [3.8, 4) is 11.3 Å². The van der Waals surface area contributed by atoms with Crippen LogP contribution in [0.3, 0.4) is 0 Å². The second-order valence-electron chi connectivity index (χ2n) is 9.27. The van der Waals surface area contributed by atoms with Gasteiger partial charge in [0.05, 0.1) is 17.0 Å². The second-order valence-corrected chi connectivity index (χ2v) is 9.27. The molecule has 0 bridgehead atoms. The number of hydrogen-bond acceptors (Lipinski definition) is 1. The minimum Gasteiger partial charge on any atom is -0.358 e. The molecule has 0 aliphatic rings. The third kappa shape index (κ3) is 5.21. The molecule has 2 radical (unpaired) electrons. The van der Waals surface area contributed by atoms with Gasteiger partial charge in [-0.1, -0.05) is 63.4 Å². The van der Waals surface area contributed by atoms with Crippen molar-refractivity contribution in [1.29, 1.82) is 0 Å². The monoisotopic (exact) mass is 716 g/mol. The molecule has 0 saturated heterocycles.